The van der Waals surface area contributed by atoms with E-state index in [9.17, 15) is 0 Å². The zero-order valence-corrected chi connectivity index (χ0v) is 26.5. The van der Waals surface area contributed by atoms with Crippen LogP contribution in [-0.4, -0.2) is 0 Å². The van der Waals surface area contributed by atoms with Crippen LogP contribution in [0.25, 0.3) is 55.3 Å². The van der Waals surface area contributed by atoms with Crippen LogP contribution in [0.1, 0.15) is 0 Å². The average molecular weight is 615 g/mol. The fourth-order valence-corrected chi connectivity index (χ4v) is 6.65. The second-order valence-electron chi connectivity index (χ2n) is 11.9. The molecule has 0 saturated heterocycles. The molecule has 2 heteroatoms. The second kappa shape index (κ2) is 13.2. The van der Waals surface area contributed by atoms with Gasteiger partial charge in [-0.1, -0.05) is 170 Å². The molecule has 0 aliphatic heterocycles. The summed E-state index contributed by atoms with van der Waals surface area (Å²) in [4.78, 5) is 0. The van der Waals surface area contributed by atoms with Gasteiger partial charge in [0.05, 0.1) is 0 Å². The Morgan fingerprint density at radius 2 is 0.500 bits per heavy atom. The van der Waals surface area contributed by atoms with Gasteiger partial charge in [0.2, 0.25) is 0 Å². The summed E-state index contributed by atoms with van der Waals surface area (Å²) < 4.78 is 0. The van der Waals surface area contributed by atoms with Crippen molar-refractivity contribution in [2.24, 2.45) is 0 Å². The van der Waals surface area contributed by atoms with Gasteiger partial charge in [-0.05, 0) is 57.3 Å². The van der Waals surface area contributed by atoms with E-state index in [4.69, 9.17) is 0 Å². The maximum Gasteiger partial charge on any atom is 0.0464 e. The van der Waals surface area contributed by atoms with Gasteiger partial charge in [0.15, 0.2) is 0 Å². The molecular weight excluding hydrogens is 581 g/mol. The number of fused-ring (bicyclic) bond motifs is 1. The van der Waals surface area contributed by atoms with Crippen LogP contribution < -0.4 is 10.6 Å². The summed E-state index contributed by atoms with van der Waals surface area (Å²) >= 11 is 0. The van der Waals surface area contributed by atoms with Crippen molar-refractivity contribution in [1.82, 2.24) is 0 Å². The fourth-order valence-electron chi connectivity index (χ4n) is 6.65. The molecule has 2 N–H and O–H groups in total. The van der Waals surface area contributed by atoms with Crippen LogP contribution in [0.5, 0.6) is 0 Å². The molecule has 48 heavy (non-hydrogen) atoms. The minimum Gasteiger partial charge on any atom is -0.355 e. The van der Waals surface area contributed by atoms with E-state index in [1.807, 2.05) is 0 Å². The molecule has 8 aromatic rings. The van der Waals surface area contributed by atoms with Gasteiger partial charge in [0.1, 0.15) is 0 Å². The van der Waals surface area contributed by atoms with Gasteiger partial charge < -0.3 is 10.6 Å². The largest absolute Gasteiger partial charge is 0.355 e. The monoisotopic (exact) mass is 614 g/mol. The fraction of sp³-hybridized carbons (Fsp3) is 0. The molecule has 0 aliphatic carbocycles. The smallest absolute Gasteiger partial charge is 0.0464 e. The minimum atomic E-state index is 1.07. The van der Waals surface area contributed by atoms with E-state index in [2.05, 4.69) is 205 Å². The molecule has 228 valence electrons. The molecule has 0 heterocycles. The van der Waals surface area contributed by atoms with Gasteiger partial charge >= 0.3 is 0 Å². The number of anilines is 4. The highest BCUT2D eigenvalue weighted by atomic mass is 14.9. The molecule has 0 aromatic heterocycles. The van der Waals surface area contributed by atoms with E-state index in [0.29, 0.717) is 0 Å². The van der Waals surface area contributed by atoms with Crippen LogP contribution in [0, 0.1) is 0 Å². The summed E-state index contributed by atoms with van der Waals surface area (Å²) in [7, 11) is 0. The second-order valence-corrected chi connectivity index (χ2v) is 11.9. The molecule has 0 radical (unpaired) electrons. The number of hydrogen-bond donors (Lipinski definition) is 2. The summed E-state index contributed by atoms with van der Waals surface area (Å²) in [6, 6.07) is 68.6. The SMILES string of the molecule is c1ccc(-c2ccccc2Nc2ccccc2-c2cccc3c(-c4ccccc4Nc4ccccc4-c4ccccc4)cccc23)cc1. The number of hydrogen-bond acceptors (Lipinski definition) is 2. The van der Waals surface area contributed by atoms with Crippen LogP contribution in [0.3, 0.4) is 0 Å². The van der Waals surface area contributed by atoms with Crippen molar-refractivity contribution < 1.29 is 0 Å². The zero-order chi connectivity index (χ0) is 32.1. The maximum atomic E-state index is 3.79. The lowest BCUT2D eigenvalue weighted by Crippen LogP contribution is -1.97. The molecule has 2 nitrogen and oxygen atoms in total. The maximum absolute atomic E-state index is 3.79. The van der Waals surface area contributed by atoms with E-state index in [1.165, 1.54) is 44.2 Å². The molecule has 0 bridgehead atoms. The van der Waals surface area contributed by atoms with Crippen molar-refractivity contribution in [1.29, 1.82) is 0 Å². The van der Waals surface area contributed by atoms with Crippen LogP contribution >= 0.6 is 0 Å². The van der Waals surface area contributed by atoms with Crippen molar-refractivity contribution in [2.45, 2.75) is 0 Å². The molecule has 8 aromatic carbocycles. The number of rotatable bonds is 8. The van der Waals surface area contributed by atoms with Crippen molar-refractivity contribution in [3.63, 3.8) is 0 Å². The molecule has 0 aliphatic rings. The molecule has 0 amide bonds. The first-order valence-corrected chi connectivity index (χ1v) is 16.4. The predicted octanol–water partition coefficient (Wildman–Crippen LogP) is 13.0. The van der Waals surface area contributed by atoms with E-state index in [0.717, 1.165) is 33.9 Å². The first kappa shape index (κ1) is 29.1. The molecule has 0 atom stereocenters. The van der Waals surface area contributed by atoms with Gasteiger partial charge in [-0.25, -0.2) is 0 Å². The third-order valence-corrected chi connectivity index (χ3v) is 8.92. The lowest BCUT2D eigenvalue weighted by Gasteiger charge is -2.19. The average Bonchev–Trinajstić information content (AvgIpc) is 3.16. The molecule has 0 fully saturated rings. The van der Waals surface area contributed by atoms with Crippen molar-refractivity contribution >= 4 is 33.5 Å². The van der Waals surface area contributed by atoms with Crippen LogP contribution in [-0.2, 0) is 0 Å². The quantitative estimate of drug-likeness (QED) is 0.178. The number of para-hydroxylation sites is 4. The summed E-state index contributed by atoms with van der Waals surface area (Å²) in [5.74, 6) is 0. The van der Waals surface area contributed by atoms with Crippen LogP contribution in [0.2, 0.25) is 0 Å². The Morgan fingerprint density at radius 3 is 0.896 bits per heavy atom. The van der Waals surface area contributed by atoms with Gasteiger partial charge in [-0.15, -0.1) is 0 Å². The Balaban J connectivity index is 1.20. The Kier molecular flexibility index (Phi) is 7.96. The number of nitrogens with one attached hydrogen (secondary N) is 2. The highest BCUT2D eigenvalue weighted by Crippen LogP contribution is 2.42. The Morgan fingerprint density at radius 1 is 0.208 bits per heavy atom. The third kappa shape index (κ3) is 5.72. The van der Waals surface area contributed by atoms with Crippen LogP contribution in [0.4, 0.5) is 22.7 Å². The molecule has 8 rings (SSSR count). The lowest BCUT2D eigenvalue weighted by atomic mass is 9.91. The molecular formula is C46H34N2. The van der Waals surface area contributed by atoms with E-state index >= 15 is 0 Å². The minimum absolute atomic E-state index is 1.07. The topological polar surface area (TPSA) is 24.1 Å². The number of benzene rings is 8. The predicted molar refractivity (Wildman–Crippen MR) is 205 cm³/mol. The van der Waals surface area contributed by atoms with Crippen molar-refractivity contribution in [3.8, 4) is 44.5 Å². The normalized spacial score (nSPS) is 10.9. The van der Waals surface area contributed by atoms with Crippen LogP contribution in [0.15, 0.2) is 194 Å². The summed E-state index contributed by atoms with van der Waals surface area (Å²) in [6.45, 7) is 0. The van der Waals surface area contributed by atoms with Gasteiger partial charge in [-0.2, -0.15) is 0 Å². The first-order valence-electron chi connectivity index (χ1n) is 16.4. The third-order valence-electron chi connectivity index (χ3n) is 8.92. The van der Waals surface area contributed by atoms with Crippen molar-refractivity contribution in [3.05, 3.63) is 194 Å². The lowest BCUT2D eigenvalue weighted by molar-refractivity contribution is 1.52. The van der Waals surface area contributed by atoms with E-state index in [-0.39, 0.29) is 0 Å². The van der Waals surface area contributed by atoms with E-state index < -0.39 is 0 Å². The molecule has 0 unspecified atom stereocenters. The van der Waals surface area contributed by atoms with E-state index in [1.54, 1.807) is 0 Å². The zero-order valence-electron chi connectivity index (χ0n) is 26.5. The standard InChI is InChI=1S/C46H34N2/c1-3-17-33(18-4-1)35-21-7-11-29-43(35)47-45-31-13-9-23-41(45)39-27-15-26-38-37(39)25-16-28-40(38)42-24-10-14-32-46(42)48-44-30-12-8-22-36(44)34-19-5-2-6-20-34/h1-32,47-48H. The van der Waals surface area contributed by atoms with Gasteiger partial charge in [-0.3, -0.25) is 0 Å². The van der Waals surface area contributed by atoms with Crippen molar-refractivity contribution in [2.75, 3.05) is 10.6 Å². The molecule has 0 saturated carbocycles. The van der Waals surface area contributed by atoms with Gasteiger partial charge in [0, 0.05) is 45.0 Å². The summed E-state index contributed by atoms with van der Waals surface area (Å²) in [5, 5.41) is 10.0. The summed E-state index contributed by atoms with van der Waals surface area (Å²) in [5.41, 5.74) is 13.7. The highest BCUT2D eigenvalue weighted by Gasteiger charge is 2.15. The highest BCUT2D eigenvalue weighted by molar-refractivity contribution is 6.08. The van der Waals surface area contributed by atoms with Gasteiger partial charge in [0.25, 0.3) is 0 Å². The summed E-state index contributed by atoms with van der Waals surface area (Å²) in [6.07, 6.45) is 0. The Hall–Kier alpha value is -6.38. The first-order chi connectivity index (χ1) is 23.8. The molecule has 0 spiro atoms. The Bertz CT molecular complexity index is 2170. The Labute approximate surface area is 282 Å².